The Morgan fingerprint density at radius 2 is 2.00 bits per heavy atom. The van der Waals surface area contributed by atoms with Gasteiger partial charge in [0.25, 0.3) is 5.91 Å². The predicted molar refractivity (Wildman–Crippen MR) is 131 cm³/mol. The van der Waals surface area contributed by atoms with E-state index in [0.717, 1.165) is 59.8 Å². The van der Waals surface area contributed by atoms with Gasteiger partial charge in [-0.05, 0) is 56.5 Å². The maximum absolute atomic E-state index is 13.3. The molecule has 0 radical (unpaired) electrons. The number of benzene rings is 1. The largest absolute Gasteiger partial charge is 0.489 e. The van der Waals surface area contributed by atoms with Crippen LogP contribution in [0.15, 0.2) is 54.9 Å². The van der Waals surface area contributed by atoms with Crippen molar-refractivity contribution in [3.63, 3.8) is 0 Å². The van der Waals surface area contributed by atoms with Gasteiger partial charge >= 0.3 is 0 Å². The molecule has 1 unspecified atom stereocenters. The van der Waals surface area contributed by atoms with Crippen molar-refractivity contribution in [1.29, 1.82) is 0 Å². The van der Waals surface area contributed by atoms with Crippen LogP contribution in [0, 0.1) is 6.92 Å². The zero-order chi connectivity index (χ0) is 23.5. The van der Waals surface area contributed by atoms with Gasteiger partial charge in [0.2, 0.25) is 0 Å². The van der Waals surface area contributed by atoms with Gasteiger partial charge in [-0.1, -0.05) is 24.6 Å². The number of fused-ring (bicyclic) bond motifs is 3. The van der Waals surface area contributed by atoms with Crippen LogP contribution in [-0.2, 0) is 19.6 Å². The molecule has 0 spiro atoms. The van der Waals surface area contributed by atoms with Crippen LogP contribution in [0.1, 0.15) is 65.2 Å². The number of hydrogen-bond donors (Lipinski definition) is 1. The average molecular weight is 456 g/mol. The Hall–Kier alpha value is -3.74. The third-order valence-corrected chi connectivity index (χ3v) is 6.29. The van der Waals surface area contributed by atoms with Crippen LogP contribution in [0.3, 0.4) is 0 Å². The Morgan fingerprint density at radius 1 is 1.15 bits per heavy atom. The van der Waals surface area contributed by atoms with Gasteiger partial charge in [-0.25, -0.2) is 9.97 Å². The molecular weight excluding hydrogens is 426 g/mol. The lowest BCUT2D eigenvalue weighted by Gasteiger charge is -2.16. The molecule has 7 heteroatoms. The van der Waals surface area contributed by atoms with E-state index in [1.165, 1.54) is 6.42 Å². The van der Waals surface area contributed by atoms with Crippen molar-refractivity contribution in [3.05, 3.63) is 83.1 Å². The van der Waals surface area contributed by atoms with Crippen molar-refractivity contribution < 1.29 is 9.53 Å². The molecule has 1 N–H and O–H groups in total. The number of aromatic nitrogens is 4. The third kappa shape index (κ3) is 4.64. The van der Waals surface area contributed by atoms with E-state index in [2.05, 4.69) is 14.9 Å². The first-order valence-electron chi connectivity index (χ1n) is 11.9. The van der Waals surface area contributed by atoms with Crippen molar-refractivity contribution in [2.24, 2.45) is 0 Å². The number of nitrogens with one attached hydrogen (secondary N) is 1. The molecule has 4 aromatic rings. The third-order valence-electron chi connectivity index (χ3n) is 6.29. The number of imidazole rings is 1. The van der Waals surface area contributed by atoms with Crippen molar-refractivity contribution in [3.8, 4) is 5.75 Å². The number of aryl methyl sites for hydroxylation is 3. The molecule has 1 amide bonds. The summed E-state index contributed by atoms with van der Waals surface area (Å²) in [6.45, 7) is 5.29. The molecule has 1 aromatic carbocycles. The molecule has 34 heavy (non-hydrogen) atoms. The van der Waals surface area contributed by atoms with E-state index in [0.29, 0.717) is 17.7 Å². The lowest BCUT2D eigenvalue weighted by atomic mass is 10.1. The normalized spacial score (nSPS) is 14.3. The second-order valence-electron chi connectivity index (χ2n) is 8.89. The van der Waals surface area contributed by atoms with Gasteiger partial charge in [-0.2, -0.15) is 0 Å². The fourth-order valence-electron chi connectivity index (χ4n) is 4.45. The number of rotatable bonds is 6. The topological polar surface area (TPSA) is 81.9 Å². The first-order chi connectivity index (χ1) is 16.6. The molecule has 0 fully saturated rings. The maximum atomic E-state index is 13.3. The minimum absolute atomic E-state index is 0.131. The van der Waals surface area contributed by atoms with Crippen LogP contribution in [-0.4, -0.2) is 25.4 Å². The molecule has 5 rings (SSSR count). The van der Waals surface area contributed by atoms with Crippen LogP contribution >= 0.6 is 0 Å². The summed E-state index contributed by atoms with van der Waals surface area (Å²) in [4.78, 5) is 26.9. The summed E-state index contributed by atoms with van der Waals surface area (Å²) in [5.74, 6) is 1.68. The monoisotopic (exact) mass is 455 g/mol. The number of nitrogens with zero attached hydrogens (tertiary/aromatic N) is 4. The van der Waals surface area contributed by atoms with Crippen molar-refractivity contribution >= 4 is 17.1 Å². The fraction of sp³-hybridized carbons (Fsp3) is 0.333. The Labute approximate surface area is 199 Å². The van der Waals surface area contributed by atoms with E-state index in [1.807, 2.05) is 56.3 Å². The Bertz CT molecular complexity index is 1300. The first kappa shape index (κ1) is 22.1. The zero-order valence-electron chi connectivity index (χ0n) is 19.6. The van der Waals surface area contributed by atoms with Crippen LogP contribution < -0.4 is 10.1 Å². The number of amides is 1. The molecule has 3 aromatic heterocycles. The van der Waals surface area contributed by atoms with E-state index in [1.54, 1.807) is 12.4 Å². The Kier molecular flexibility index (Phi) is 6.25. The molecule has 4 heterocycles. The summed E-state index contributed by atoms with van der Waals surface area (Å²) in [5.41, 5.74) is 4.96. The Morgan fingerprint density at radius 3 is 2.79 bits per heavy atom. The van der Waals surface area contributed by atoms with Gasteiger partial charge in [0, 0.05) is 36.6 Å². The average Bonchev–Trinajstić information content (AvgIpc) is 3.03. The van der Waals surface area contributed by atoms with Gasteiger partial charge in [0.05, 0.1) is 11.6 Å². The van der Waals surface area contributed by atoms with E-state index in [4.69, 9.17) is 14.7 Å². The minimum atomic E-state index is -0.163. The molecule has 7 nitrogen and oxygen atoms in total. The highest BCUT2D eigenvalue weighted by atomic mass is 16.5. The standard InChI is InChI=1S/C27H29N5O2/c1-18-15-23(25-26(29-18)32-14-5-3-4-8-24(32)31-25)27(33)30-19(2)21-9-11-22(12-10-21)34-17-20-7-6-13-28-16-20/h6-7,9-13,15-16,19H,3-5,8,14,17H2,1-2H3,(H,30,33). The van der Waals surface area contributed by atoms with Gasteiger partial charge in [-0.3, -0.25) is 9.78 Å². The highest BCUT2D eigenvalue weighted by molar-refractivity contribution is 6.04. The summed E-state index contributed by atoms with van der Waals surface area (Å²) >= 11 is 0. The van der Waals surface area contributed by atoms with Crippen LogP contribution in [0.4, 0.5) is 0 Å². The zero-order valence-corrected chi connectivity index (χ0v) is 19.6. The van der Waals surface area contributed by atoms with Crippen molar-refractivity contribution in [2.45, 2.75) is 58.7 Å². The first-order valence-corrected chi connectivity index (χ1v) is 11.9. The quantitative estimate of drug-likeness (QED) is 0.446. The molecular formula is C27H29N5O2. The summed E-state index contributed by atoms with van der Waals surface area (Å²) in [6.07, 6.45) is 7.92. The lowest BCUT2D eigenvalue weighted by molar-refractivity contribution is 0.0941. The predicted octanol–water partition coefficient (Wildman–Crippen LogP) is 4.93. The molecule has 1 aliphatic rings. The second-order valence-corrected chi connectivity index (χ2v) is 8.89. The molecule has 1 aliphatic heterocycles. The molecule has 0 saturated heterocycles. The van der Waals surface area contributed by atoms with E-state index in [-0.39, 0.29) is 11.9 Å². The van der Waals surface area contributed by atoms with Gasteiger partial charge in [-0.15, -0.1) is 0 Å². The molecule has 174 valence electrons. The van der Waals surface area contributed by atoms with Gasteiger partial charge in [0.15, 0.2) is 5.65 Å². The van der Waals surface area contributed by atoms with Crippen molar-refractivity contribution in [1.82, 2.24) is 24.8 Å². The summed E-state index contributed by atoms with van der Waals surface area (Å²) in [6, 6.07) is 13.4. The number of pyridine rings is 2. The highest BCUT2D eigenvalue weighted by Crippen LogP contribution is 2.25. The second kappa shape index (κ2) is 9.63. The highest BCUT2D eigenvalue weighted by Gasteiger charge is 2.22. The molecule has 1 atom stereocenters. The van der Waals surface area contributed by atoms with Gasteiger partial charge < -0.3 is 14.6 Å². The summed E-state index contributed by atoms with van der Waals surface area (Å²) in [5, 5.41) is 3.14. The van der Waals surface area contributed by atoms with Crippen LogP contribution in [0.5, 0.6) is 5.75 Å². The van der Waals surface area contributed by atoms with Crippen molar-refractivity contribution in [2.75, 3.05) is 0 Å². The summed E-state index contributed by atoms with van der Waals surface area (Å²) in [7, 11) is 0. The number of ether oxygens (including phenoxy) is 1. The van der Waals surface area contributed by atoms with E-state index < -0.39 is 0 Å². The molecule has 0 saturated carbocycles. The van der Waals surface area contributed by atoms with Crippen LogP contribution in [0.2, 0.25) is 0 Å². The number of carbonyl (C=O) groups excluding carboxylic acids is 1. The minimum Gasteiger partial charge on any atom is -0.489 e. The molecule has 0 aliphatic carbocycles. The SMILES string of the molecule is Cc1cc(C(=O)NC(C)c2ccc(OCc3cccnc3)cc2)c2nc3n(c2n1)CCCCC3. The van der Waals surface area contributed by atoms with E-state index >= 15 is 0 Å². The summed E-state index contributed by atoms with van der Waals surface area (Å²) < 4.78 is 8.04. The number of carbonyl (C=O) groups is 1. The lowest BCUT2D eigenvalue weighted by Crippen LogP contribution is -2.27. The maximum Gasteiger partial charge on any atom is 0.254 e. The molecule has 0 bridgehead atoms. The Balaban J connectivity index is 1.30. The van der Waals surface area contributed by atoms with Crippen LogP contribution in [0.25, 0.3) is 11.2 Å². The smallest absolute Gasteiger partial charge is 0.254 e. The fourth-order valence-corrected chi connectivity index (χ4v) is 4.45. The van der Waals surface area contributed by atoms with Gasteiger partial charge in [0.1, 0.15) is 23.7 Å². The number of hydrogen-bond acceptors (Lipinski definition) is 5. The van der Waals surface area contributed by atoms with E-state index in [9.17, 15) is 4.79 Å².